The van der Waals surface area contributed by atoms with Crippen LogP contribution in [-0.4, -0.2) is 21.8 Å². The van der Waals surface area contributed by atoms with E-state index in [0.717, 1.165) is 22.8 Å². The highest BCUT2D eigenvalue weighted by Crippen LogP contribution is 2.23. The lowest BCUT2D eigenvalue weighted by molar-refractivity contribution is 0.562. The molecule has 0 aliphatic heterocycles. The summed E-state index contributed by atoms with van der Waals surface area (Å²) in [4.78, 5) is 4.16. The summed E-state index contributed by atoms with van der Waals surface area (Å²) in [6, 6.07) is 1.99. The summed E-state index contributed by atoms with van der Waals surface area (Å²) < 4.78 is 7.19. The van der Waals surface area contributed by atoms with E-state index >= 15 is 0 Å². The smallest absolute Gasteiger partial charge is 0.181 e. The lowest BCUT2D eigenvalue weighted by Crippen LogP contribution is -2.07. The highest BCUT2D eigenvalue weighted by molar-refractivity contribution is 5.55. The van der Waals surface area contributed by atoms with Gasteiger partial charge in [-0.3, -0.25) is 4.68 Å². The molecule has 0 saturated carbocycles. The second-order valence-electron chi connectivity index (χ2n) is 3.45. The Bertz CT molecular complexity index is 458. The van der Waals surface area contributed by atoms with Gasteiger partial charge in [0.1, 0.15) is 11.4 Å². The topological polar surface area (TPSA) is 55.9 Å². The highest BCUT2D eigenvalue weighted by atomic mass is 16.3. The Morgan fingerprint density at radius 1 is 1.53 bits per heavy atom. The molecular formula is C10H14N4O. The average Bonchev–Trinajstić information content (AvgIpc) is 2.73. The molecule has 5 nitrogen and oxygen atoms in total. The molecule has 2 rings (SSSR count). The van der Waals surface area contributed by atoms with Crippen LogP contribution in [-0.2, 0) is 13.6 Å². The minimum absolute atomic E-state index is 0.691. The third kappa shape index (κ3) is 1.78. The Hall–Kier alpha value is -1.62. The normalized spacial score (nSPS) is 10.9. The fourth-order valence-corrected chi connectivity index (χ4v) is 1.59. The van der Waals surface area contributed by atoms with E-state index in [1.54, 1.807) is 4.68 Å². The average molecular weight is 206 g/mol. The van der Waals surface area contributed by atoms with E-state index in [2.05, 4.69) is 15.4 Å². The first-order valence-corrected chi connectivity index (χ1v) is 4.80. The molecule has 0 aromatic carbocycles. The molecule has 0 aliphatic carbocycles. The first-order chi connectivity index (χ1) is 7.22. The van der Waals surface area contributed by atoms with Gasteiger partial charge in [-0.15, -0.1) is 0 Å². The van der Waals surface area contributed by atoms with Crippen molar-refractivity contribution in [2.24, 2.45) is 7.05 Å². The maximum atomic E-state index is 5.39. The lowest BCUT2D eigenvalue weighted by Gasteiger charge is -2.00. The summed E-state index contributed by atoms with van der Waals surface area (Å²) in [7, 11) is 3.78. The van der Waals surface area contributed by atoms with Gasteiger partial charge in [0.15, 0.2) is 12.2 Å². The SMILES string of the molecule is CNCc1ncoc1-c1cc(C)nn1C. The van der Waals surface area contributed by atoms with Crippen molar-refractivity contribution in [3.05, 3.63) is 23.8 Å². The fourth-order valence-electron chi connectivity index (χ4n) is 1.59. The molecule has 1 N–H and O–H groups in total. The Morgan fingerprint density at radius 3 is 2.93 bits per heavy atom. The number of oxazole rings is 1. The molecule has 0 atom stereocenters. The van der Waals surface area contributed by atoms with E-state index in [9.17, 15) is 0 Å². The summed E-state index contributed by atoms with van der Waals surface area (Å²) >= 11 is 0. The second-order valence-corrected chi connectivity index (χ2v) is 3.45. The monoisotopic (exact) mass is 206 g/mol. The summed E-state index contributed by atoms with van der Waals surface area (Å²) in [6.45, 7) is 2.65. The van der Waals surface area contributed by atoms with Crippen molar-refractivity contribution < 1.29 is 4.42 Å². The Labute approximate surface area is 88.1 Å². The van der Waals surface area contributed by atoms with E-state index in [1.165, 1.54) is 6.39 Å². The maximum Gasteiger partial charge on any atom is 0.181 e. The quantitative estimate of drug-likeness (QED) is 0.817. The zero-order valence-electron chi connectivity index (χ0n) is 9.11. The number of aromatic nitrogens is 3. The molecule has 15 heavy (non-hydrogen) atoms. The molecule has 0 fully saturated rings. The van der Waals surface area contributed by atoms with Gasteiger partial charge in [-0.1, -0.05) is 0 Å². The Kier molecular flexibility index (Phi) is 2.55. The van der Waals surface area contributed by atoms with Gasteiger partial charge < -0.3 is 9.73 Å². The van der Waals surface area contributed by atoms with E-state index < -0.39 is 0 Å². The molecule has 0 unspecified atom stereocenters. The lowest BCUT2D eigenvalue weighted by atomic mass is 10.2. The molecule has 80 valence electrons. The molecular weight excluding hydrogens is 192 g/mol. The summed E-state index contributed by atoms with van der Waals surface area (Å²) in [5.74, 6) is 0.785. The van der Waals surface area contributed by atoms with Gasteiger partial charge in [0.05, 0.1) is 5.69 Å². The van der Waals surface area contributed by atoms with Crippen molar-refractivity contribution >= 4 is 0 Å². The van der Waals surface area contributed by atoms with E-state index in [0.29, 0.717) is 6.54 Å². The Morgan fingerprint density at radius 2 is 2.33 bits per heavy atom. The largest absolute Gasteiger partial charge is 0.442 e. The van der Waals surface area contributed by atoms with Crippen LogP contribution in [0.3, 0.4) is 0 Å². The van der Waals surface area contributed by atoms with Crippen LogP contribution in [0.4, 0.5) is 0 Å². The van der Waals surface area contributed by atoms with E-state index in [1.807, 2.05) is 27.1 Å². The van der Waals surface area contributed by atoms with Gasteiger partial charge in [-0.25, -0.2) is 4.98 Å². The number of hydrogen-bond acceptors (Lipinski definition) is 4. The molecule has 2 heterocycles. The van der Waals surface area contributed by atoms with E-state index in [-0.39, 0.29) is 0 Å². The van der Waals surface area contributed by atoms with Gasteiger partial charge in [-0.2, -0.15) is 5.10 Å². The molecule has 0 amide bonds. The summed E-state index contributed by atoms with van der Waals surface area (Å²) in [6.07, 6.45) is 1.46. The van der Waals surface area contributed by atoms with Crippen LogP contribution in [0, 0.1) is 6.92 Å². The van der Waals surface area contributed by atoms with Crippen molar-refractivity contribution in [3.8, 4) is 11.5 Å². The van der Waals surface area contributed by atoms with Gasteiger partial charge in [0.25, 0.3) is 0 Å². The molecule has 0 radical (unpaired) electrons. The van der Waals surface area contributed by atoms with Crippen molar-refractivity contribution in [2.75, 3.05) is 7.05 Å². The minimum atomic E-state index is 0.691. The number of rotatable bonds is 3. The van der Waals surface area contributed by atoms with Gasteiger partial charge in [-0.05, 0) is 20.0 Å². The maximum absolute atomic E-state index is 5.39. The molecule has 2 aromatic heterocycles. The summed E-state index contributed by atoms with van der Waals surface area (Å²) in [5.41, 5.74) is 2.83. The molecule has 2 aromatic rings. The predicted octanol–water partition coefficient (Wildman–Crippen LogP) is 1.10. The minimum Gasteiger partial charge on any atom is -0.442 e. The van der Waals surface area contributed by atoms with Crippen molar-refractivity contribution in [1.82, 2.24) is 20.1 Å². The highest BCUT2D eigenvalue weighted by Gasteiger charge is 2.14. The number of nitrogens with one attached hydrogen (secondary N) is 1. The molecule has 0 saturated heterocycles. The first-order valence-electron chi connectivity index (χ1n) is 4.80. The molecule has 0 aliphatic rings. The van der Waals surface area contributed by atoms with Crippen LogP contribution >= 0.6 is 0 Å². The van der Waals surface area contributed by atoms with Crippen molar-refractivity contribution in [3.63, 3.8) is 0 Å². The molecule has 0 spiro atoms. The summed E-state index contributed by atoms with van der Waals surface area (Å²) in [5, 5.41) is 7.33. The third-order valence-corrected chi connectivity index (χ3v) is 2.22. The van der Waals surface area contributed by atoms with Crippen LogP contribution in [0.1, 0.15) is 11.4 Å². The van der Waals surface area contributed by atoms with Gasteiger partial charge in [0, 0.05) is 13.6 Å². The van der Waals surface area contributed by atoms with Crippen LogP contribution in [0.2, 0.25) is 0 Å². The molecule has 0 bridgehead atoms. The fraction of sp³-hybridized carbons (Fsp3) is 0.400. The van der Waals surface area contributed by atoms with Crippen LogP contribution < -0.4 is 5.32 Å². The van der Waals surface area contributed by atoms with Gasteiger partial charge >= 0.3 is 0 Å². The number of aryl methyl sites for hydroxylation is 2. The number of nitrogens with zero attached hydrogens (tertiary/aromatic N) is 3. The van der Waals surface area contributed by atoms with Crippen LogP contribution in [0.25, 0.3) is 11.5 Å². The molecule has 5 heteroatoms. The number of hydrogen-bond donors (Lipinski definition) is 1. The first kappa shape index (κ1) is 9.92. The second kappa shape index (κ2) is 3.86. The van der Waals surface area contributed by atoms with Crippen LogP contribution in [0.15, 0.2) is 16.9 Å². The predicted molar refractivity (Wildman–Crippen MR) is 56.2 cm³/mol. The van der Waals surface area contributed by atoms with E-state index in [4.69, 9.17) is 4.42 Å². The van der Waals surface area contributed by atoms with Gasteiger partial charge in [0.2, 0.25) is 0 Å². The standard InChI is InChI=1S/C10H14N4O/c1-7-4-9(14(3)13-7)10-8(5-11-2)12-6-15-10/h4,6,11H,5H2,1-3H3. The van der Waals surface area contributed by atoms with Crippen molar-refractivity contribution in [2.45, 2.75) is 13.5 Å². The third-order valence-electron chi connectivity index (χ3n) is 2.22. The van der Waals surface area contributed by atoms with Crippen LogP contribution in [0.5, 0.6) is 0 Å². The van der Waals surface area contributed by atoms with Crippen molar-refractivity contribution in [1.29, 1.82) is 0 Å². The zero-order valence-corrected chi connectivity index (χ0v) is 9.11. The zero-order chi connectivity index (χ0) is 10.8. The Balaban J connectivity index is 2.44.